The van der Waals surface area contributed by atoms with Crippen molar-refractivity contribution in [1.29, 1.82) is 0 Å². The number of hydrogen-bond donors (Lipinski definition) is 0. The van der Waals surface area contributed by atoms with Gasteiger partial charge in [-0.3, -0.25) is 0 Å². The number of rotatable bonds is 6. The standard InChI is InChI=1S/C16H22N2O2S3/c1-14-5-2-8-17(11-14)23(19,20)18(12-15-6-3-9-21-15)13-16-7-4-10-22-16/h3-4,6-7,9-10,14H,2,5,8,11-13H2,1H3. The van der Waals surface area contributed by atoms with Crippen molar-refractivity contribution < 1.29 is 8.42 Å². The minimum atomic E-state index is -3.43. The van der Waals surface area contributed by atoms with Gasteiger partial charge in [0, 0.05) is 35.9 Å². The number of hydrogen-bond acceptors (Lipinski definition) is 4. The summed E-state index contributed by atoms with van der Waals surface area (Å²) in [5, 5.41) is 3.99. The minimum absolute atomic E-state index is 0.434. The van der Waals surface area contributed by atoms with Crippen LogP contribution in [0.2, 0.25) is 0 Å². The van der Waals surface area contributed by atoms with Gasteiger partial charge in [0.25, 0.3) is 10.2 Å². The molecule has 1 aliphatic heterocycles. The van der Waals surface area contributed by atoms with E-state index in [1.165, 1.54) is 0 Å². The molecule has 0 aromatic carbocycles. The smallest absolute Gasteiger partial charge is 0.195 e. The van der Waals surface area contributed by atoms with Crippen LogP contribution in [0.1, 0.15) is 29.5 Å². The summed E-state index contributed by atoms with van der Waals surface area (Å²) >= 11 is 3.21. The number of piperidine rings is 1. The summed E-state index contributed by atoms with van der Waals surface area (Å²) in [6.45, 7) is 4.29. The van der Waals surface area contributed by atoms with Gasteiger partial charge in [0.1, 0.15) is 0 Å². The molecule has 3 rings (SSSR count). The molecular formula is C16H22N2O2S3. The van der Waals surface area contributed by atoms with Crippen molar-refractivity contribution in [1.82, 2.24) is 8.61 Å². The molecule has 0 radical (unpaired) electrons. The van der Waals surface area contributed by atoms with Gasteiger partial charge in [0.15, 0.2) is 0 Å². The van der Waals surface area contributed by atoms with Crippen molar-refractivity contribution in [2.75, 3.05) is 13.1 Å². The lowest BCUT2D eigenvalue weighted by atomic mass is 10.0. The lowest BCUT2D eigenvalue weighted by Gasteiger charge is -2.34. The molecule has 0 amide bonds. The molecule has 1 fully saturated rings. The first-order chi connectivity index (χ1) is 11.1. The number of nitrogens with zero attached hydrogens (tertiary/aromatic N) is 2. The first-order valence-electron chi connectivity index (χ1n) is 7.85. The lowest BCUT2D eigenvalue weighted by Crippen LogP contribution is -2.47. The van der Waals surface area contributed by atoms with Crippen molar-refractivity contribution in [3.8, 4) is 0 Å². The predicted octanol–water partition coefficient (Wildman–Crippen LogP) is 3.79. The summed E-state index contributed by atoms with van der Waals surface area (Å²) in [6, 6.07) is 7.94. The second-order valence-electron chi connectivity index (χ2n) is 6.04. The molecule has 0 spiro atoms. The highest BCUT2D eigenvalue weighted by Crippen LogP contribution is 2.25. The van der Waals surface area contributed by atoms with Crippen LogP contribution in [0.15, 0.2) is 35.0 Å². The maximum absolute atomic E-state index is 13.1. The Bertz CT molecular complexity index is 660. The molecular weight excluding hydrogens is 348 g/mol. The van der Waals surface area contributed by atoms with Crippen LogP contribution in [0.25, 0.3) is 0 Å². The summed E-state index contributed by atoms with van der Waals surface area (Å²) in [6.07, 6.45) is 2.06. The van der Waals surface area contributed by atoms with Crippen LogP contribution in [0.5, 0.6) is 0 Å². The van der Waals surface area contributed by atoms with E-state index in [0.717, 1.165) is 22.6 Å². The van der Waals surface area contributed by atoms with E-state index in [1.54, 1.807) is 31.3 Å². The fraction of sp³-hybridized carbons (Fsp3) is 0.500. The predicted molar refractivity (Wildman–Crippen MR) is 96.8 cm³/mol. The third-order valence-corrected chi connectivity index (χ3v) is 7.71. The molecule has 3 heterocycles. The molecule has 0 aliphatic carbocycles. The number of thiophene rings is 2. The van der Waals surface area contributed by atoms with Crippen molar-refractivity contribution in [2.45, 2.75) is 32.9 Å². The molecule has 1 aliphatic rings. The topological polar surface area (TPSA) is 40.6 Å². The Hall–Kier alpha value is -0.730. The second kappa shape index (κ2) is 7.44. The van der Waals surface area contributed by atoms with Gasteiger partial charge in [-0.15, -0.1) is 22.7 Å². The van der Waals surface area contributed by atoms with Crippen LogP contribution in [0.4, 0.5) is 0 Å². The summed E-state index contributed by atoms with van der Waals surface area (Å²) in [5.74, 6) is 0.434. The first-order valence-corrected chi connectivity index (χ1v) is 11.0. The van der Waals surface area contributed by atoms with Crippen LogP contribution >= 0.6 is 22.7 Å². The SMILES string of the molecule is CC1CCCN(S(=O)(=O)N(Cc2cccs2)Cc2cccs2)C1. The van der Waals surface area contributed by atoms with E-state index in [2.05, 4.69) is 6.92 Å². The minimum Gasteiger partial charge on any atom is -0.195 e. The van der Waals surface area contributed by atoms with E-state index >= 15 is 0 Å². The third-order valence-electron chi connectivity index (χ3n) is 4.10. The van der Waals surface area contributed by atoms with Gasteiger partial charge in [-0.2, -0.15) is 17.0 Å². The first kappa shape index (κ1) is 17.1. The highest BCUT2D eigenvalue weighted by molar-refractivity contribution is 7.86. The lowest BCUT2D eigenvalue weighted by molar-refractivity contribution is 0.255. The summed E-state index contributed by atoms with van der Waals surface area (Å²) in [7, 11) is -3.43. The van der Waals surface area contributed by atoms with E-state index in [4.69, 9.17) is 0 Å². The zero-order chi connectivity index (χ0) is 16.3. The van der Waals surface area contributed by atoms with Gasteiger partial charge in [0.2, 0.25) is 0 Å². The maximum atomic E-state index is 13.1. The fourth-order valence-electron chi connectivity index (χ4n) is 2.89. The Kier molecular flexibility index (Phi) is 5.53. The monoisotopic (exact) mass is 370 g/mol. The molecule has 23 heavy (non-hydrogen) atoms. The van der Waals surface area contributed by atoms with Crippen molar-refractivity contribution in [3.05, 3.63) is 44.8 Å². The Morgan fingerprint density at radius 3 is 2.26 bits per heavy atom. The molecule has 1 atom stereocenters. The van der Waals surface area contributed by atoms with Crippen LogP contribution in [-0.4, -0.2) is 30.1 Å². The molecule has 0 N–H and O–H groups in total. The van der Waals surface area contributed by atoms with Crippen molar-refractivity contribution >= 4 is 32.9 Å². The van der Waals surface area contributed by atoms with Gasteiger partial charge >= 0.3 is 0 Å². The normalized spacial score (nSPS) is 20.2. The Labute approximate surface area is 146 Å². The van der Waals surface area contributed by atoms with Crippen molar-refractivity contribution in [3.63, 3.8) is 0 Å². The van der Waals surface area contributed by atoms with E-state index in [0.29, 0.717) is 32.1 Å². The third kappa shape index (κ3) is 4.22. The van der Waals surface area contributed by atoms with E-state index in [9.17, 15) is 8.42 Å². The average Bonchev–Trinajstić information content (AvgIpc) is 3.20. The molecule has 1 saturated heterocycles. The summed E-state index contributed by atoms with van der Waals surface area (Å²) in [5.41, 5.74) is 0. The largest absolute Gasteiger partial charge is 0.282 e. The zero-order valence-electron chi connectivity index (χ0n) is 13.2. The molecule has 0 bridgehead atoms. The van der Waals surface area contributed by atoms with Gasteiger partial charge in [0.05, 0.1) is 0 Å². The van der Waals surface area contributed by atoms with Crippen LogP contribution in [0.3, 0.4) is 0 Å². The summed E-state index contributed by atoms with van der Waals surface area (Å²) < 4.78 is 29.6. The molecule has 0 saturated carbocycles. The van der Waals surface area contributed by atoms with Gasteiger partial charge in [-0.25, -0.2) is 0 Å². The molecule has 1 unspecified atom stereocenters. The average molecular weight is 371 g/mol. The van der Waals surface area contributed by atoms with Gasteiger partial charge in [-0.05, 0) is 41.7 Å². The van der Waals surface area contributed by atoms with E-state index < -0.39 is 10.2 Å². The van der Waals surface area contributed by atoms with Crippen LogP contribution in [-0.2, 0) is 23.3 Å². The highest BCUT2D eigenvalue weighted by atomic mass is 32.2. The zero-order valence-corrected chi connectivity index (χ0v) is 15.7. The highest BCUT2D eigenvalue weighted by Gasteiger charge is 2.33. The van der Waals surface area contributed by atoms with Crippen LogP contribution in [0, 0.1) is 5.92 Å². The Morgan fingerprint density at radius 2 is 1.78 bits per heavy atom. The molecule has 7 heteroatoms. The molecule has 126 valence electrons. The van der Waals surface area contributed by atoms with Crippen LogP contribution < -0.4 is 0 Å². The van der Waals surface area contributed by atoms with Gasteiger partial charge < -0.3 is 0 Å². The molecule has 4 nitrogen and oxygen atoms in total. The molecule has 2 aromatic rings. The van der Waals surface area contributed by atoms with Crippen molar-refractivity contribution in [2.24, 2.45) is 5.92 Å². The maximum Gasteiger partial charge on any atom is 0.282 e. The summed E-state index contributed by atoms with van der Waals surface area (Å²) in [4.78, 5) is 2.16. The van der Waals surface area contributed by atoms with Gasteiger partial charge in [-0.1, -0.05) is 19.1 Å². The Balaban J connectivity index is 1.83. The fourth-order valence-corrected chi connectivity index (χ4v) is 6.23. The van der Waals surface area contributed by atoms with E-state index in [-0.39, 0.29) is 0 Å². The molecule has 2 aromatic heterocycles. The van der Waals surface area contributed by atoms with E-state index in [1.807, 2.05) is 35.0 Å². The second-order valence-corrected chi connectivity index (χ2v) is 10.0. The quantitative estimate of drug-likeness (QED) is 0.776. The Morgan fingerprint density at radius 1 is 1.17 bits per heavy atom.